The number of aliphatic hydroxyl groups is 3. The smallest absolute Gasteiger partial charge is 0.100 e. The van der Waals surface area contributed by atoms with Crippen LogP contribution in [0.5, 0.6) is 0 Å². The van der Waals surface area contributed by atoms with E-state index in [-0.39, 0.29) is 25.6 Å². The Morgan fingerprint density at radius 1 is 0.929 bits per heavy atom. The Morgan fingerprint density at radius 2 is 1.21 bits per heavy atom. The van der Waals surface area contributed by atoms with Crippen LogP contribution >= 0.6 is 12.4 Å². The molecule has 0 radical (unpaired) electrons. The monoisotopic (exact) mass is 229 g/mol. The van der Waals surface area contributed by atoms with Crippen molar-refractivity contribution in [3.63, 3.8) is 0 Å². The normalized spacial score (nSPS) is 9.43. The van der Waals surface area contributed by atoms with Gasteiger partial charge in [-0.3, -0.25) is 0 Å². The summed E-state index contributed by atoms with van der Waals surface area (Å²) >= 11 is 0. The Bertz CT molecular complexity index is 82.6. The molecule has 90 valence electrons. The molecule has 0 aromatic rings. The molecule has 0 saturated carbocycles. The molecule has 0 aliphatic carbocycles. The van der Waals surface area contributed by atoms with Gasteiger partial charge in [0.25, 0.3) is 0 Å². The van der Waals surface area contributed by atoms with E-state index in [1.807, 2.05) is 0 Å². The first kappa shape index (κ1) is 19.7. The van der Waals surface area contributed by atoms with Crippen LogP contribution in [-0.2, 0) is 0 Å². The Hall–Kier alpha value is 0.130. The summed E-state index contributed by atoms with van der Waals surface area (Å²) in [6.45, 7) is 9.40. The molecule has 0 rings (SSSR count). The molecule has 0 saturated heterocycles. The van der Waals surface area contributed by atoms with Crippen LogP contribution in [0.15, 0.2) is 0 Å². The Balaban J connectivity index is -0.000000163. The van der Waals surface area contributed by atoms with Crippen molar-refractivity contribution in [3.05, 3.63) is 0 Å². The van der Waals surface area contributed by atoms with Gasteiger partial charge in [0, 0.05) is 0 Å². The zero-order chi connectivity index (χ0) is 10.7. The standard InChI is InChI=1S/C6H15N.C3H8O3.ClH/c1-4-7(5-2)6-3;4-1-3(6)2-5;/h4-6H2,1-3H3;3-6H,1-2H2;1H. The third kappa shape index (κ3) is 14.6. The number of rotatable bonds is 5. The van der Waals surface area contributed by atoms with Crippen LogP contribution < -0.4 is 0 Å². The lowest BCUT2D eigenvalue weighted by molar-refractivity contribution is 0.0450. The van der Waals surface area contributed by atoms with Crippen molar-refractivity contribution in [2.75, 3.05) is 32.8 Å². The van der Waals surface area contributed by atoms with Gasteiger partial charge in [0.15, 0.2) is 0 Å². The van der Waals surface area contributed by atoms with Gasteiger partial charge in [-0.05, 0) is 19.6 Å². The van der Waals surface area contributed by atoms with E-state index in [9.17, 15) is 0 Å². The van der Waals surface area contributed by atoms with Gasteiger partial charge >= 0.3 is 0 Å². The number of aliphatic hydroxyl groups excluding tert-OH is 3. The van der Waals surface area contributed by atoms with Crippen LogP contribution in [0.25, 0.3) is 0 Å². The van der Waals surface area contributed by atoms with Crippen LogP contribution in [0.4, 0.5) is 0 Å². The van der Waals surface area contributed by atoms with Gasteiger partial charge in [-0.1, -0.05) is 20.8 Å². The fourth-order valence-corrected chi connectivity index (χ4v) is 0.729. The average Bonchev–Trinajstić information content (AvgIpc) is 2.20. The van der Waals surface area contributed by atoms with Crippen molar-refractivity contribution in [2.24, 2.45) is 0 Å². The number of hydrogen-bond donors (Lipinski definition) is 3. The summed E-state index contributed by atoms with van der Waals surface area (Å²) in [6.07, 6.45) is -0.954. The summed E-state index contributed by atoms with van der Waals surface area (Å²) in [7, 11) is 0. The molecule has 3 N–H and O–H groups in total. The van der Waals surface area contributed by atoms with Gasteiger partial charge in [0.05, 0.1) is 13.2 Å². The van der Waals surface area contributed by atoms with Gasteiger partial charge < -0.3 is 20.2 Å². The Kier molecular flexibility index (Phi) is 21.9. The van der Waals surface area contributed by atoms with E-state index in [1.165, 1.54) is 19.6 Å². The second kappa shape index (κ2) is 15.6. The molecule has 0 aromatic carbocycles. The fourth-order valence-electron chi connectivity index (χ4n) is 0.729. The topological polar surface area (TPSA) is 63.9 Å². The summed E-state index contributed by atoms with van der Waals surface area (Å²) in [6, 6.07) is 0. The van der Waals surface area contributed by atoms with Crippen LogP contribution in [0.2, 0.25) is 0 Å². The molecular formula is C9H24ClNO3. The van der Waals surface area contributed by atoms with E-state index in [0.717, 1.165) is 0 Å². The molecule has 0 heterocycles. The zero-order valence-corrected chi connectivity index (χ0v) is 10.1. The summed E-state index contributed by atoms with van der Waals surface area (Å²) in [5.74, 6) is 0. The minimum Gasteiger partial charge on any atom is -0.394 e. The van der Waals surface area contributed by atoms with Crippen molar-refractivity contribution in [3.8, 4) is 0 Å². The molecule has 0 fully saturated rings. The third-order valence-corrected chi connectivity index (χ3v) is 1.76. The van der Waals surface area contributed by atoms with Crippen molar-refractivity contribution in [1.82, 2.24) is 4.90 Å². The minimum absolute atomic E-state index is 0. The first-order valence-electron chi connectivity index (χ1n) is 4.78. The van der Waals surface area contributed by atoms with Crippen LogP contribution in [0.1, 0.15) is 20.8 Å². The van der Waals surface area contributed by atoms with Gasteiger partial charge in [0.1, 0.15) is 6.10 Å². The van der Waals surface area contributed by atoms with Crippen LogP contribution in [0.3, 0.4) is 0 Å². The van der Waals surface area contributed by atoms with Crippen molar-refractivity contribution < 1.29 is 15.3 Å². The highest BCUT2D eigenvalue weighted by Gasteiger charge is 1.93. The molecule has 5 heteroatoms. The minimum atomic E-state index is -0.954. The van der Waals surface area contributed by atoms with Crippen molar-refractivity contribution in [2.45, 2.75) is 26.9 Å². The lowest BCUT2D eigenvalue weighted by Gasteiger charge is -2.13. The molecule has 14 heavy (non-hydrogen) atoms. The molecular weight excluding hydrogens is 206 g/mol. The molecule has 0 aliphatic heterocycles. The highest BCUT2D eigenvalue weighted by Crippen LogP contribution is 1.81. The van der Waals surface area contributed by atoms with Crippen molar-refractivity contribution >= 4 is 12.4 Å². The summed E-state index contributed by atoms with van der Waals surface area (Å²) in [5.41, 5.74) is 0. The van der Waals surface area contributed by atoms with Crippen LogP contribution in [0, 0.1) is 0 Å². The van der Waals surface area contributed by atoms with E-state index in [2.05, 4.69) is 25.7 Å². The van der Waals surface area contributed by atoms with Gasteiger partial charge in [-0.15, -0.1) is 12.4 Å². The maximum atomic E-state index is 8.17. The third-order valence-electron chi connectivity index (χ3n) is 1.76. The molecule has 0 aliphatic rings. The zero-order valence-electron chi connectivity index (χ0n) is 9.31. The molecule has 0 spiro atoms. The molecule has 4 nitrogen and oxygen atoms in total. The number of nitrogens with zero attached hydrogens (tertiary/aromatic N) is 1. The van der Waals surface area contributed by atoms with E-state index in [4.69, 9.17) is 15.3 Å². The first-order valence-corrected chi connectivity index (χ1v) is 4.78. The number of halogens is 1. The average molecular weight is 230 g/mol. The summed E-state index contributed by atoms with van der Waals surface area (Å²) < 4.78 is 0. The summed E-state index contributed by atoms with van der Waals surface area (Å²) in [4.78, 5) is 2.38. The second-order valence-corrected chi connectivity index (χ2v) is 2.64. The molecule has 0 amide bonds. The predicted octanol–water partition coefficient (Wildman–Crippen LogP) is 0.102. The lowest BCUT2D eigenvalue weighted by atomic mass is 10.4. The largest absolute Gasteiger partial charge is 0.394 e. The van der Waals surface area contributed by atoms with E-state index in [1.54, 1.807) is 0 Å². The second-order valence-electron chi connectivity index (χ2n) is 2.64. The molecule has 0 unspecified atom stereocenters. The number of hydrogen-bond acceptors (Lipinski definition) is 4. The Morgan fingerprint density at radius 3 is 1.21 bits per heavy atom. The van der Waals surface area contributed by atoms with Gasteiger partial charge in [-0.2, -0.15) is 0 Å². The van der Waals surface area contributed by atoms with Gasteiger partial charge in [0.2, 0.25) is 0 Å². The van der Waals surface area contributed by atoms with Gasteiger partial charge in [-0.25, -0.2) is 0 Å². The maximum absolute atomic E-state index is 8.17. The molecule has 0 aromatic heterocycles. The lowest BCUT2D eigenvalue weighted by Crippen LogP contribution is -2.21. The highest BCUT2D eigenvalue weighted by atomic mass is 35.5. The Labute approximate surface area is 93.0 Å². The van der Waals surface area contributed by atoms with E-state index < -0.39 is 6.10 Å². The fraction of sp³-hybridized carbons (Fsp3) is 1.00. The summed E-state index contributed by atoms with van der Waals surface area (Å²) in [5, 5.41) is 24.0. The predicted molar refractivity (Wildman–Crippen MR) is 60.9 cm³/mol. The van der Waals surface area contributed by atoms with Crippen molar-refractivity contribution in [1.29, 1.82) is 0 Å². The highest BCUT2D eigenvalue weighted by molar-refractivity contribution is 5.85. The first-order chi connectivity index (χ1) is 6.15. The molecule has 0 atom stereocenters. The molecule has 0 bridgehead atoms. The van der Waals surface area contributed by atoms with E-state index in [0.29, 0.717) is 0 Å². The SMILES string of the molecule is CCN(CC)CC.Cl.OCC(O)CO. The maximum Gasteiger partial charge on any atom is 0.100 e. The van der Waals surface area contributed by atoms with E-state index >= 15 is 0 Å². The quantitative estimate of drug-likeness (QED) is 0.626. The van der Waals surface area contributed by atoms with Crippen LogP contribution in [-0.4, -0.2) is 59.2 Å².